The third-order valence-electron chi connectivity index (χ3n) is 2.02. The minimum Gasteiger partial charge on any atom is -0.462 e. The zero-order chi connectivity index (χ0) is 12.1. The van der Waals surface area contributed by atoms with Gasteiger partial charge in [0.2, 0.25) is 0 Å². The molecule has 1 aromatic carbocycles. The quantitative estimate of drug-likeness (QED) is 0.513. The van der Waals surface area contributed by atoms with Crippen molar-refractivity contribution < 1.29 is 9.53 Å². The molecule has 0 N–H and O–H groups in total. The van der Waals surface area contributed by atoms with Crippen LogP contribution in [0.5, 0.6) is 0 Å². The Morgan fingerprint density at radius 1 is 1.62 bits per heavy atom. The highest BCUT2D eigenvalue weighted by Crippen LogP contribution is 2.24. The summed E-state index contributed by atoms with van der Waals surface area (Å²) in [6, 6.07) is 5.12. The molecule has 1 aromatic rings. The van der Waals surface area contributed by atoms with Crippen LogP contribution in [0.2, 0.25) is 0 Å². The average molecular weight is 256 g/mol. The Bertz CT molecular complexity index is 454. The first-order valence-corrected chi connectivity index (χ1v) is 5.61. The van der Waals surface area contributed by atoms with E-state index in [1.165, 1.54) is 6.07 Å². The Morgan fingerprint density at radius 3 is 2.81 bits per heavy atom. The maximum absolute atomic E-state index is 11.7. The van der Waals surface area contributed by atoms with Crippen molar-refractivity contribution in [3.8, 4) is 6.07 Å². The zero-order valence-electron chi connectivity index (χ0n) is 8.66. The van der Waals surface area contributed by atoms with Crippen LogP contribution >= 0.6 is 24.2 Å². The monoisotopic (exact) mass is 255 g/mol. The molecule has 0 saturated carbocycles. The summed E-state index contributed by atoms with van der Waals surface area (Å²) in [6.45, 7) is 1.96. The van der Waals surface area contributed by atoms with Crippen LogP contribution in [-0.4, -0.2) is 12.6 Å². The van der Waals surface area contributed by atoms with E-state index in [0.717, 1.165) is 0 Å². The lowest BCUT2D eigenvalue weighted by molar-refractivity contribution is 0.0524. The van der Waals surface area contributed by atoms with Crippen molar-refractivity contribution in [2.75, 3.05) is 6.61 Å². The van der Waals surface area contributed by atoms with Crippen LogP contribution in [0.4, 0.5) is 0 Å². The topological polar surface area (TPSA) is 50.1 Å². The van der Waals surface area contributed by atoms with Gasteiger partial charge in [-0.15, -0.1) is 24.2 Å². The van der Waals surface area contributed by atoms with Crippen molar-refractivity contribution >= 4 is 30.2 Å². The first kappa shape index (κ1) is 12.9. The molecule has 0 heterocycles. The van der Waals surface area contributed by atoms with Crippen LogP contribution in [0.1, 0.15) is 28.4 Å². The van der Waals surface area contributed by atoms with Crippen LogP contribution < -0.4 is 0 Å². The maximum atomic E-state index is 11.7. The molecule has 84 valence electrons. The normalized spacial score (nSPS) is 9.62. The summed E-state index contributed by atoms with van der Waals surface area (Å²) in [4.78, 5) is 12.3. The Balaban J connectivity index is 3.37. The van der Waals surface area contributed by atoms with E-state index in [0.29, 0.717) is 10.5 Å². The molecule has 0 unspecified atom stereocenters. The molecule has 16 heavy (non-hydrogen) atoms. The average Bonchev–Trinajstić information content (AvgIpc) is 2.28. The third-order valence-corrected chi connectivity index (χ3v) is 2.71. The molecule has 0 atom stereocenters. The zero-order valence-corrected chi connectivity index (χ0v) is 10.3. The Labute approximate surface area is 104 Å². The van der Waals surface area contributed by atoms with E-state index in [4.69, 9.17) is 21.6 Å². The number of ether oxygens (including phenoxy) is 1. The number of nitriles is 1. The molecule has 3 nitrogen and oxygen atoms in total. The van der Waals surface area contributed by atoms with Gasteiger partial charge in [0.1, 0.15) is 6.07 Å². The van der Waals surface area contributed by atoms with Gasteiger partial charge in [-0.25, -0.2) is 4.79 Å². The van der Waals surface area contributed by atoms with Crippen molar-refractivity contribution in [1.82, 2.24) is 0 Å². The van der Waals surface area contributed by atoms with E-state index in [1.807, 2.05) is 6.07 Å². The number of thiol groups is 1. The molecular weight excluding hydrogens is 246 g/mol. The standard InChI is InChI=1S/C11H10ClNO2S/c1-2-15-11(14)10-7(6-13)3-4-9(16)8(10)5-12/h3-4,16H,2,5H2,1H3. The molecular formula is C11H10ClNO2S. The lowest BCUT2D eigenvalue weighted by atomic mass is 10.0. The molecule has 0 fully saturated rings. The molecule has 0 aliphatic rings. The van der Waals surface area contributed by atoms with Crippen LogP contribution in [0.15, 0.2) is 17.0 Å². The number of benzene rings is 1. The summed E-state index contributed by atoms with van der Waals surface area (Å²) in [5, 5.41) is 8.92. The lowest BCUT2D eigenvalue weighted by Crippen LogP contribution is -2.10. The minimum absolute atomic E-state index is 0.114. The molecule has 1 rings (SSSR count). The number of halogens is 1. The molecule has 0 radical (unpaired) electrons. The summed E-state index contributed by atoms with van der Waals surface area (Å²) >= 11 is 9.94. The van der Waals surface area contributed by atoms with Gasteiger partial charge in [-0.1, -0.05) is 0 Å². The molecule has 0 bridgehead atoms. The number of carbonyl (C=O) groups is 1. The Morgan fingerprint density at radius 2 is 2.31 bits per heavy atom. The summed E-state index contributed by atoms with van der Waals surface area (Å²) in [7, 11) is 0. The van der Waals surface area contributed by atoms with Gasteiger partial charge in [0.25, 0.3) is 0 Å². The van der Waals surface area contributed by atoms with Gasteiger partial charge in [-0.05, 0) is 24.6 Å². The van der Waals surface area contributed by atoms with E-state index in [-0.39, 0.29) is 23.6 Å². The molecule has 5 heteroatoms. The van der Waals surface area contributed by atoms with Crippen molar-refractivity contribution in [3.05, 3.63) is 28.8 Å². The Hall–Kier alpha value is -1.18. The van der Waals surface area contributed by atoms with Crippen molar-refractivity contribution in [3.63, 3.8) is 0 Å². The number of rotatable bonds is 3. The highest BCUT2D eigenvalue weighted by Gasteiger charge is 2.19. The number of nitrogens with zero attached hydrogens (tertiary/aromatic N) is 1. The van der Waals surface area contributed by atoms with E-state index in [2.05, 4.69) is 12.6 Å². The molecule has 0 aliphatic heterocycles. The van der Waals surface area contributed by atoms with Crippen LogP contribution in [0.3, 0.4) is 0 Å². The molecule has 0 amide bonds. The van der Waals surface area contributed by atoms with E-state index < -0.39 is 5.97 Å². The van der Waals surface area contributed by atoms with Crippen molar-refractivity contribution in [2.45, 2.75) is 17.7 Å². The summed E-state index contributed by atoms with van der Waals surface area (Å²) in [5.74, 6) is -0.423. The number of esters is 1. The van der Waals surface area contributed by atoms with Gasteiger partial charge in [0, 0.05) is 10.8 Å². The maximum Gasteiger partial charge on any atom is 0.339 e. The summed E-state index contributed by atoms with van der Waals surface area (Å²) in [6.07, 6.45) is 0. The second kappa shape index (κ2) is 5.78. The Kier molecular flexibility index (Phi) is 4.66. The van der Waals surface area contributed by atoms with Crippen molar-refractivity contribution in [2.24, 2.45) is 0 Å². The van der Waals surface area contributed by atoms with Gasteiger partial charge in [0.15, 0.2) is 0 Å². The van der Waals surface area contributed by atoms with Crippen LogP contribution in [-0.2, 0) is 10.6 Å². The minimum atomic E-state index is -0.536. The van der Waals surface area contributed by atoms with Gasteiger partial charge in [-0.3, -0.25) is 0 Å². The first-order valence-electron chi connectivity index (χ1n) is 4.63. The van der Waals surface area contributed by atoms with Gasteiger partial charge in [-0.2, -0.15) is 5.26 Å². The molecule has 0 aromatic heterocycles. The lowest BCUT2D eigenvalue weighted by Gasteiger charge is -2.10. The summed E-state index contributed by atoms with van der Waals surface area (Å²) < 4.78 is 4.89. The number of hydrogen-bond donors (Lipinski definition) is 1. The molecule has 0 aliphatic carbocycles. The van der Waals surface area contributed by atoms with Gasteiger partial charge >= 0.3 is 5.97 Å². The third kappa shape index (κ3) is 2.49. The second-order valence-corrected chi connectivity index (χ2v) is 3.70. The van der Waals surface area contributed by atoms with Crippen molar-refractivity contribution in [1.29, 1.82) is 5.26 Å². The SMILES string of the molecule is CCOC(=O)c1c(C#N)ccc(S)c1CCl. The first-order chi connectivity index (χ1) is 7.65. The second-order valence-electron chi connectivity index (χ2n) is 2.95. The van der Waals surface area contributed by atoms with E-state index >= 15 is 0 Å². The fourth-order valence-electron chi connectivity index (χ4n) is 1.30. The van der Waals surface area contributed by atoms with Crippen LogP contribution in [0.25, 0.3) is 0 Å². The highest BCUT2D eigenvalue weighted by atomic mass is 35.5. The number of hydrogen-bond acceptors (Lipinski definition) is 4. The van der Waals surface area contributed by atoms with E-state index in [9.17, 15) is 4.79 Å². The molecule has 0 saturated heterocycles. The largest absolute Gasteiger partial charge is 0.462 e. The molecule has 0 spiro atoms. The number of alkyl halides is 1. The smallest absolute Gasteiger partial charge is 0.339 e. The van der Waals surface area contributed by atoms with Gasteiger partial charge in [0.05, 0.1) is 17.7 Å². The fraction of sp³-hybridized carbons (Fsp3) is 0.273. The van der Waals surface area contributed by atoms with Gasteiger partial charge < -0.3 is 4.74 Å². The van der Waals surface area contributed by atoms with E-state index in [1.54, 1.807) is 13.0 Å². The predicted molar refractivity (Wildman–Crippen MR) is 63.9 cm³/mol. The predicted octanol–water partition coefficient (Wildman–Crippen LogP) is 2.76. The fourth-order valence-corrected chi connectivity index (χ4v) is 1.94. The highest BCUT2D eigenvalue weighted by molar-refractivity contribution is 7.80. The van der Waals surface area contributed by atoms with Crippen LogP contribution in [0, 0.1) is 11.3 Å². The number of carbonyl (C=O) groups excluding carboxylic acids is 1. The summed E-state index contributed by atoms with van der Waals surface area (Å²) in [5.41, 5.74) is 1.00.